The van der Waals surface area contributed by atoms with Crippen LogP contribution in [0.3, 0.4) is 0 Å². The monoisotopic (exact) mass is 393 g/mol. The summed E-state index contributed by atoms with van der Waals surface area (Å²) in [5, 5.41) is 21.5. The second-order valence-electron chi connectivity index (χ2n) is 6.17. The minimum absolute atomic E-state index is 0.101. The third-order valence-electron chi connectivity index (χ3n) is 4.39. The van der Waals surface area contributed by atoms with Crippen LogP contribution >= 0.6 is 0 Å². The summed E-state index contributed by atoms with van der Waals surface area (Å²) in [5.41, 5.74) is -0.226. The molecule has 148 valence electrons. The zero-order valence-electron chi connectivity index (χ0n) is 14.5. The number of nitrogens with one attached hydrogen (secondary N) is 2. The smallest absolute Gasteiger partial charge is 0.284 e. The number of aliphatic hydroxyl groups excluding tert-OH is 1. The van der Waals surface area contributed by atoms with Crippen molar-refractivity contribution in [2.24, 2.45) is 0 Å². The molecule has 1 fully saturated rings. The maximum absolute atomic E-state index is 12.9. The second kappa shape index (κ2) is 7.48. The molecule has 1 aliphatic heterocycles. The van der Waals surface area contributed by atoms with E-state index in [1.165, 1.54) is 16.9 Å². The van der Waals surface area contributed by atoms with Crippen LogP contribution in [-0.2, 0) is 4.74 Å². The van der Waals surface area contributed by atoms with Gasteiger partial charge in [0.05, 0.1) is 31.2 Å². The lowest BCUT2D eigenvalue weighted by molar-refractivity contribution is 0.00337. The van der Waals surface area contributed by atoms with Gasteiger partial charge < -0.3 is 20.1 Å². The number of carbonyl (C=O) groups is 1. The van der Waals surface area contributed by atoms with Crippen LogP contribution in [0.1, 0.15) is 22.5 Å². The van der Waals surface area contributed by atoms with Gasteiger partial charge in [0.1, 0.15) is 11.4 Å². The SMILES string of the molecule is O=C(Nc1c[nH]nc1C(F)F)c1cnn2ccc(N3CCOC(CO)C3)nc12. The minimum Gasteiger partial charge on any atom is -0.394 e. The van der Waals surface area contributed by atoms with Crippen molar-refractivity contribution in [3.05, 3.63) is 35.9 Å². The van der Waals surface area contributed by atoms with E-state index >= 15 is 0 Å². The number of hydrogen-bond donors (Lipinski definition) is 3. The fraction of sp³-hybridized carbons (Fsp3) is 0.375. The molecule has 4 heterocycles. The van der Waals surface area contributed by atoms with Gasteiger partial charge in [0, 0.05) is 25.5 Å². The van der Waals surface area contributed by atoms with E-state index in [9.17, 15) is 18.7 Å². The maximum atomic E-state index is 12.9. The fourth-order valence-corrected chi connectivity index (χ4v) is 2.99. The number of ether oxygens (including phenoxy) is 1. The molecular weight excluding hydrogens is 376 g/mol. The number of H-pyrrole nitrogens is 1. The molecule has 4 rings (SSSR count). The summed E-state index contributed by atoms with van der Waals surface area (Å²) in [6.07, 6.45) is 1.02. The predicted molar refractivity (Wildman–Crippen MR) is 93.5 cm³/mol. The number of carbonyl (C=O) groups excluding carboxylic acids is 1. The first-order valence-corrected chi connectivity index (χ1v) is 8.51. The van der Waals surface area contributed by atoms with E-state index in [2.05, 4.69) is 25.6 Å². The molecule has 1 saturated heterocycles. The Balaban J connectivity index is 1.61. The van der Waals surface area contributed by atoms with Crippen molar-refractivity contribution >= 4 is 23.1 Å². The highest BCUT2D eigenvalue weighted by atomic mass is 19.3. The Morgan fingerprint density at radius 1 is 1.50 bits per heavy atom. The quantitative estimate of drug-likeness (QED) is 0.587. The number of amides is 1. The van der Waals surface area contributed by atoms with E-state index in [-0.39, 0.29) is 29.6 Å². The molecule has 1 aliphatic rings. The molecule has 1 unspecified atom stereocenters. The summed E-state index contributed by atoms with van der Waals surface area (Å²) in [5.74, 6) is -0.0291. The Hall–Kier alpha value is -3.12. The fourth-order valence-electron chi connectivity index (χ4n) is 2.99. The van der Waals surface area contributed by atoms with Gasteiger partial charge in [-0.15, -0.1) is 0 Å². The van der Waals surface area contributed by atoms with Gasteiger partial charge in [-0.1, -0.05) is 0 Å². The topological polar surface area (TPSA) is 121 Å². The van der Waals surface area contributed by atoms with Crippen LogP contribution in [0.15, 0.2) is 24.7 Å². The van der Waals surface area contributed by atoms with E-state index in [0.29, 0.717) is 25.5 Å². The van der Waals surface area contributed by atoms with Crippen molar-refractivity contribution < 1.29 is 23.4 Å². The number of fused-ring (bicyclic) bond motifs is 1. The van der Waals surface area contributed by atoms with E-state index in [1.807, 2.05) is 4.90 Å². The average molecular weight is 393 g/mol. The van der Waals surface area contributed by atoms with Gasteiger partial charge in [-0.2, -0.15) is 10.2 Å². The zero-order chi connectivity index (χ0) is 19.7. The molecule has 28 heavy (non-hydrogen) atoms. The van der Waals surface area contributed by atoms with Gasteiger partial charge in [-0.3, -0.25) is 9.89 Å². The molecule has 12 heteroatoms. The number of anilines is 2. The number of aromatic nitrogens is 5. The first kappa shape index (κ1) is 18.3. The summed E-state index contributed by atoms with van der Waals surface area (Å²) in [7, 11) is 0. The number of hydrogen-bond acceptors (Lipinski definition) is 7. The molecule has 10 nitrogen and oxygen atoms in total. The summed E-state index contributed by atoms with van der Waals surface area (Å²) in [6, 6.07) is 1.74. The van der Waals surface area contributed by atoms with Gasteiger partial charge in [-0.05, 0) is 6.07 Å². The van der Waals surface area contributed by atoms with Crippen LogP contribution in [-0.4, -0.2) is 68.2 Å². The van der Waals surface area contributed by atoms with E-state index in [4.69, 9.17) is 4.74 Å². The van der Waals surface area contributed by atoms with Crippen molar-refractivity contribution in [3.63, 3.8) is 0 Å². The molecule has 0 bridgehead atoms. The number of nitrogens with zero attached hydrogens (tertiary/aromatic N) is 5. The second-order valence-corrected chi connectivity index (χ2v) is 6.17. The van der Waals surface area contributed by atoms with Gasteiger partial charge >= 0.3 is 0 Å². The minimum atomic E-state index is -2.82. The lowest BCUT2D eigenvalue weighted by Gasteiger charge is -2.32. The van der Waals surface area contributed by atoms with Crippen molar-refractivity contribution in [2.75, 3.05) is 36.5 Å². The molecule has 1 amide bonds. The molecule has 0 aromatic carbocycles. The number of aliphatic hydroxyl groups is 1. The van der Waals surface area contributed by atoms with Crippen molar-refractivity contribution in [1.29, 1.82) is 0 Å². The third kappa shape index (κ3) is 3.39. The van der Waals surface area contributed by atoms with E-state index in [0.717, 1.165) is 0 Å². The molecular formula is C16H17F2N7O3. The number of aromatic amines is 1. The highest BCUT2D eigenvalue weighted by Crippen LogP contribution is 2.25. The normalized spacial score (nSPS) is 17.4. The summed E-state index contributed by atoms with van der Waals surface area (Å²) in [6.45, 7) is 1.39. The van der Waals surface area contributed by atoms with Crippen molar-refractivity contribution in [2.45, 2.75) is 12.5 Å². The average Bonchev–Trinajstić information content (AvgIpc) is 3.34. The first-order chi connectivity index (χ1) is 13.6. The molecule has 0 radical (unpaired) electrons. The zero-order valence-corrected chi connectivity index (χ0v) is 14.5. The number of alkyl halides is 2. The van der Waals surface area contributed by atoms with Crippen LogP contribution in [0, 0.1) is 0 Å². The maximum Gasteiger partial charge on any atom is 0.284 e. The largest absolute Gasteiger partial charge is 0.394 e. The van der Waals surface area contributed by atoms with Crippen molar-refractivity contribution in [3.8, 4) is 0 Å². The molecule has 3 aromatic heterocycles. The van der Waals surface area contributed by atoms with Crippen LogP contribution < -0.4 is 10.2 Å². The molecule has 0 aliphatic carbocycles. The predicted octanol–water partition coefficient (Wildman–Crippen LogP) is 0.840. The van der Waals surface area contributed by atoms with E-state index in [1.54, 1.807) is 12.3 Å². The number of morpholine rings is 1. The molecule has 1 atom stereocenters. The standard InChI is InChI=1S/C16H17F2N7O3/c17-14(18)13-11(6-19-23-13)21-16(27)10-5-20-25-2-1-12(22-15(10)25)24-3-4-28-9(7-24)8-26/h1-2,5-6,9,14,26H,3-4,7-8H2,(H,19,23)(H,21,27). The molecule has 0 spiro atoms. The lowest BCUT2D eigenvalue weighted by atomic mass is 10.2. The lowest BCUT2D eigenvalue weighted by Crippen LogP contribution is -2.44. The molecule has 0 saturated carbocycles. The van der Waals surface area contributed by atoms with Gasteiger partial charge in [-0.25, -0.2) is 18.3 Å². The highest BCUT2D eigenvalue weighted by molar-refractivity contribution is 6.08. The summed E-state index contributed by atoms with van der Waals surface area (Å²) in [4.78, 5) is 19.0. The third-order valence-corrected chi connectivity index (χ3v) is 4.39. The highest BCUT2D eigenvalue weighted by Gasteiger charge is 2.23. The van der Waals surface area contributed by atoms with Crippen LogP contribution in [0.25, 0.3) is 5.65 Å². The van der Waals surface area contributed by atoms with Crippen LogP contribution in [0.4, 0.5) is 20.3 Å². The first-order valence-electron chi connectivity index (χ1n) is 8.51. The summed E-state index contributed by atoms with van der Waals surface area (Å²) >= 11 is 0. The number of halogens is 2. The van der Waals surface area contributed by atoms with Crippen LogP contribution in [0.5, 0.6) is 0 Å². The Labute approximate surface area is 157 Å². The van der Waals surface area contributed by atoms with Gasteiger partial charge in [0.15, 0.2) is 11.3 Å². The number of rotatable bonds is 5. The van der Waals surface area contributed by atoms with Crippen molar-refractivity contribution in [1.82, 2.24) is 24.8 Å². The Morgan fingerprint density at radius 3 is 3.14 bits per heavy atom. The molecule has 3 N–H and O–H groups in total. The van der Waals surface area contributed by atoms with Gasteiger partial charge in [0.25, 0.3) is 12.3 Å². The Kier molecular flexibility index (Phi) is 4.88. The van der Waals surface area contributed by atoms with E-state index < -0.39 is 18.0 Å². The van der Waals surface area contributed by atoms with Gasteiger partial charge in [0.2, 0.25) is 0 Å². The summed E-state index contributed by atoms with van der Waals surface area (Å²) < 4.78 is 32.7. The Bertz CT molecular complexity index is 990. The van der Waals surface area contributed by atoms with Crippen LogP contribution in [0.2, 0.25) is 0 Å². The molecule has 3 aromatic rings. The Morgan fingerprint density at radius 2 is 2.36 bits per heavy atom.